The highest BCUT2D eigenvalue weighted by Crippen LogP contribution is 2.35. The van der Waals surface area contributed by atoms with Crippen molar-refractivity contribution in [1.82, 2.24) is 0 Å². The summed E-state index contributed by atoms with van der Waals surface area (Å²) >= 11 is 1.77. The minimum absolute atomic E-state index is 0.343. The smallest absolute Gasteiger partial charge is 0.143 e. The number of thioether (sulfide) groups is 1. The highest BCUT2D eigenvalue weighted by molar-refractivity contribution is 8.00. The first-order chi connectivity index (χ1) is 9.20. The fourth-order valence-electron chi connectivity index (χ4n) is 2.31. The molecule has 0 spiro atoms. The molecule has 0 saturated heterocycles. The van der Waals surface area contributed by atoms with Crippen LogP contribution in [0.5, 0.6) is 5.75 Å². The third-order valence-electron chi connectivity index (χ3n) is 3.66. The fourth-order valence-corrected chi connectivity index (χ4v) is 3.14. The van der Waals surface area contributed by atoms with Crippen LogP contribution in [0.3, 0.4) is 0 Å². The molecule has 0 aromatic heterocycles. The summed E-state index contributed by atoms with van der Waals surface area (Å²) in [7, 11) is 0. The topological polar surface area (TPSA) is 26.3 Å². The molecule has 19 heavy (non-hydrogen) atoms. The molecule has 1 aliphatic rings. The van der Waals surface area contributed by atoms with Crippen molar-refractivity contribution in [1.29, 1.82) is 0 Å². The van der Waals surface area contributed by atoms with Crippen LogP contribution in [0, 0.1) is 0 Å². The first-order valence-corrected chi connectivity index (χ1v) is 8.10. The molecule has 1 aromatic carbocycles. The molecule has 2 nitrogen and oxygen atoms in total. The molecule has 0 bridgehead atoms. The number of hydrogen-bond donors (Lipinski definition) is 0. The van der Waals surface area contributed by atoms with E-state index in [1.54, 1.807) is 11.8 Å². The highest BCUT2D eigenvalue weighted by atomic mass is 32.2. The van der Waals surface area contributed by atoms with Gasteiger partial charge in [0.25, 0.3) is 0 Å². The van der Waals surface area contributed by atoms with Gasteiger partial charge in [0, 0.05) is 11.7 Å². The predicted molar refractivity (Wildman–Crippen MR) is 81.1 cm³/mol. The first-order valence-electron chi connectivity index (χ1n) is 7.05. The normalized spacial score (nSPS) is 19.4. The number of fused-ring (bicyclic) bond motifs is 1. The van der Waals surface area contributed by atoms with E-state index in [2.05, 4.69) is 19.9 Å². The molecule has 0 radical (unpaired) electrons. The van der Waals surface area contributed by atoms with Crippen LogP contribution >= 0.6 is 11.8 Å². The molecule has 2 unspecified atom stereocenters. The lowest BCUT2D eigenvalue weighted by Gasteiger charge is -2.25. The Labute approximate surface area is 119 Å². The first kappa shape index (κ1) is 14.4. The number of ketones is 1. The maximum Gasteiger partial charge on any atom is 0.143 e. The summed E-state index contributed by atoms with van der Waals surface area (Å²) in [5.74, 6) is 2.32. The van der Waals surface area contributed by atoms with Crippen LogP contribution in [0.4, 0.5) is 0 Å². The summed E-state index contributed by atoms with van der Waals surface area (Å²) in [5, 5.41) is 0.575. The molecular weight excluding hydrogens is 256 g/mol. The van der Waals surface area contributed by atoms with Gasteiger partial charge in [-0.05, 0) is 30.4 Å². The van der Waals surface area contributed by atoms with Crippen molar-refractivity contribution in [2.45, 2.75) is 44.3 Å². The minimum Gasteiger partial charge on any atom is -0.493 e. The number of ether oxygens (including phenoxy) is 1. The van der Waals surface area contributed by atoms with E-state index >= 15 is 0 Å². The van der Waals surface area contributed by atoms with E-state index in [1.165, 1.54) is 5.56 Å². The molecule has 2 rings (SSSR count). The number of carbonyl (C=O) groups excluding carboxylic acids is 1. The molecule has 0 amide bonds. The maximum atomic E-state index is 12.1. The molecule has 2 atom stereocenters. The summed E-state index contributed by atoms with van der Waals surface area (Å²) in [6, 6.07) is 8.11. The van der Waals surface area contributed by atoms with Crippen molar-refractivity contribution < 1.29 is 9.53 Å². The third kappa shape index (κ3) is 4.00. The molecule has 0 fully saturated rings. The van der Waals surface area contributed by atoms with Crippen LogP contribution in [-0.4, -0.2) is 23.4 Å². The van der Waals surface area contributed by atoms with Crippen LogP contribution in [0.1, 0.15) is 44.6 Å². The molecular formula is C16H22O2S. The standard InChI is InChI=1S/C16H22O2S/c1-3-12(2)19-11-14(17)10-13-8-9-18-16-7-5-4-6-15(13)16/h4-7,12-13H,3,8-11H2,1-2H3. The van der Waals surface area contributed by atoms with Crippen LogP contribution in [0.25, 0.3) is 0 Å². The zero-order valence-corrected chi connectivity index (χ0v) is 12.5. The van der Waals surface area contributed by atoms with E-state index in [-0.39, 0.29) is 0 Å². The van der Waals surface area contributed by atoms with E-state index in [0.717, 1.165) is 25.2 Å². The molecule has 0 N–H and O–H groups in total. The van der Waals surface area contributed by atoms with Gasteiger partial charge in [-0.15, -0.1) is 0 Å². The van der Waals surface area contributed by atoms with Crippen LogP contribution in [0.15, 0.2) is 24.3 Å². The lowest BCUT2D eigenvalue weighted by atomic mass is 9.89. The van der Waals surface area contributed by atoms with Gasteiger partial charge < -0.3 is 4.74 Å². The van der Waals surface area contributed by atoms with E-state index in [9.17, 15) is 4.79 Å². The molecule has 0 saturated carbocycles. The number of carbonyl (C=O) groups is 1. The van der Waals surface area contributed by atoms with Gasteiger partial charge in [-0.2, -0.15) is 11.8 Å². The van der Waals surface area contributed by atoms with Crippen molar-refractivity contribution >= 4 is 17.5 Å². The van der Waals surface area contributed by atoms with Gasteiger partial charge in [-0.1, -0.05) is 32.0 Å². The van der Waals surface area contributed by atoms with Gasteiger partial charge in [-0.25, -0.2) is 0 Å². The summed E-state index contributed by atoms with van der Waals surface area (Å²) in [4.78, 5) is 12.1. The quantitative estimate of drug-likeness (QED) is 0.785. The second kappa shape index (κ2) is 6.99. The number of para-hydroxylation sites is 1. The Morgan fingerprint density at radius 2 is 2.26 bits per heavy atom. The predicted octanol–water partition coefficient (Wildman–Crippen LogP) is 4.04. The molecule has 0 aliphatic carbocycles. The van der Waals surface area contributed by atoms with E-state index in [0.29, 0.717) is 29.1 Å². The monoisotopic (exact) mass is 278 g/mol. The van der Waals surface area contributed by atoms with Crippen molar-refractivity contribution in [2.24, 2.45) is 0 Å². The van der Waals surface area contributed by atoms with Crippen LogP contribution in [-0.2, 0) is 4.79 Å². The molecule has 1 heterocycles. The van der Waals surface area contributed by atoms with E-state index in [1.807, 2.05) is 18.2 Å². The van der Waals surface area contributed by atoms with E-state index < -0.39 is 0 Å². The number of hydrogen-bond acceptors (Lipinski definition) is 3. The molecule has 1 aromatic rings. The zero-order valence-electron chi connectivity index (χ0n) is 11.7. The molecule has 1 aliphatic heterocycles. The Morgan fingerprint density at radius 3 is 3.05 bits per heavy atom. The Kier molecular flexibility index (Phi) is 5.32. The highest BCUT2D eigenvalue weighted by Gasteiger charge is 2.23. The summed E-state index contributed by atoms with van der Waals surface area (Å²) in [6.45, 7) is 5.08. The van der Waals surface area contributed by atoms with Crippen molar-refractivity contribution in [3.8, 4) is 5.75 Å². The summed E-state index contributed by atoms with van der Waals surface area (Å²) in [6.07, 6.45) is 2.73. The van der Waals surface area contributed by atoms with Gasteiger partial charge in [-0.3, -0.25) is 4.79 Å². The SMILES string of the molecule is CCC(C)SCC(=O)CC1CCOc2ccccc21. The van der Waals surface area contributed by atoms with Gasteiger partial charge in [0.1, 0.15) is 11.5 Å². The second-order valence-electron chi connectivity index (χ2n) is 5.14. The lowest BCUT2D eigenvalue weighted by molar-refractivity contribution is -0.117. The van der Waals surface area contributed by atoms with Gasteiger partial charge in [0.2, 0.25) is 0 Å². The Bertz CT molecular complexity index is 431. The van der Waals surface area contributed by atoms with Crippen molar-refractivity contribution in [3.05, 3.63) is 29.8 Å². The Hall–Kier alpha value is -0.960. The van der Waals surface area contributed by atoms with Crippen molar-refractivity contribution in [3.63, 3.8) is 0 Å². The van der Waals surface area contributed by atoms with Crippen molar-refractivity contribution in [2.75, 3.05) is 12.4 Å². The average Bonchev–Trinajstić information content (AvgIpc) is 2.45. The van der Waals surface area contributed by atoms with Crippen LogP contribution in [0.2, 0.25) is 0 Å². The van der Waals surface area contributed by atoms with Crippen LogP contribution < -0.4 is 4.74 Å². The zero-order chi connectivity index (χ0) is 13.7. The Balaban J connectivity index is 1.91. The fraction of sp³-hybridized carbons (Fsp3) is 0.562. The largest absolute Gasteiger partial charge is 0.493 e. The third-order valence-corrected chi connectivity index (χ3v) is 5.05. The number of benzene rings is 1. The number of Topliss-reactive ketones (excluding diaryl/α,β-unsaturated/α-hetero) is 1. The van der Waals surface area contributed by atoms with Gasteiger partial charge in [0.15, 0.2) is 0 Å². The summed E-state index contributed by atoms with van der Waals surface area (Å²) in [5.41, 5.74) is 1.20. The number of rotatable bonds is 6. The molecule has 3 heteroatoms. The lowest BCUT2D eigenvalue weighted by Crippen LogP contribution is -2.18. The van der Waals surface area contributed by atoms with E-state index in [4.69, 9.17) is 4.74 Å². The minimum atomic E-state index is 0.343. The second-order valence-corrected chi connectivity index (χ2v) is 6.57. The average molecular weight is 278 g/mol. The summed E-state index contributed by atoms with van der Waals surface area (Å²) < 4.78 is 5.63. The maximum absolute atomic E-state index is 12.1. The Morgan fingerprint density at radius 1 is 1.47 bits per heavy atom. The van der Waals surface area contributed by atoms with Gasteiger partial charge in [0.05, 0.1) is 12.4 Å². The van der Waals surface area contributed by atoms with Gasteiger partial charge >= 0.3 is 0 Å². The molecule has 104 valence electrons.